The average Bonchev–Trinajstić information content (AvgIpc) is 2.36. The maximum atomic E-state index is 9.65. The van der Waals surface area contributed by atoms with Gasteiger partial charge in [-0.05, 0) is 56.3 Å². The Balaban J connectivity index is 1.82. The van der Waals surface area contributed by atoms with Crippen LogP contribution in [0.4, 0.5) is 0 Å². The normalized spacial score (nSPS) is 25.9. The van der Waals surface area contributed by atoms with Crippen molar-refractivity contribution in [1.82, 2.24) is 5.32 Å². The number of halogens is 1. The lowest BCUT2D eigenvalue weighted by atomic mass is 9.87. The summed E-state index contributed by atoms with van der Waals surface area (Å²) in [5.41, 5.74) is 1.22. The van der Waals surface area contributed by atoms with Gasteiger partial charge in [-0.3, -0.25) is 0 Å². The lowest BCUT2D eigenvalue weighted by Crippen LogP contribution is -2.30. The molecule has 0 amide bonds. The summed E-state index contributed by atoms with van der Waals surface area (Å²) in [5.74, 6) is 0.607. The van der Waals surface area contributed by atoms with E-state index in [9.17, 15) is 5.11 Å². The molecule has 1 aromatic carbocycles. The number of rotatable bonds is 4. The first kappa shape index (κ1) is 13.9. The number of aliphatic hydroxyl groups is 1. The molecule has 1 aliphatic carbocycles. The summed E-state index contributed by atoms with van der Waals surface area (Å²) in [6, 6.07) is 8.30. The van der Waals surface area contributed by atoms with Gasteiger partial charge in [-0.25, -0.2) is 0 Å². The zero-order chi connectivity index (χ0) is 13.0. The standard InChI is InChI=1S/C15H22ClNO/c1-11(13-5-3-6-14(16)9-13)17-10-12-4-2-7-15(18)8-12/h3,5-6,9,11-12,15,17-18H,2,4,7-8,10H2,1H3. The van der Waals surface area contributed by atoms with Gasteiger partial charge in [0, 0.05) is 11.1 Å². The van der Waals surface area contributed by atoms with Crippen molar-refractivity contribution >= 4 is 11.6 Å². The molecule has 3 atom stereocenters. The summed E-state index contributed by atoms with van der Waals surface area (Å²) < 4.78 is 0. The van der Waals surface area contributed by atoms with Gasteiger partial charge in [-0.1, -0.05) is 30.2 Å². The van der Waals surface area contributed by atoms with E-state index in [2.05, 4.69) is 18.3 Å². The minimum atomic E-state index is -0.0907. The van der Waals surface area contributed by atoms with Gasteiger partial charge >= 0.3 is 0 Å². The molecular weight excluding hydrogens is 246 g/mol. The Kier molecular flexibility index (Phi) is 5.04. The van der Waals surface area contributed by atoms with Crippen LogP contribution in [0.15, 0.2) is 24.3 Å². The zero-order valence-corrected chi connectivity index (χ0v) is 11.7. The second-order valence-electron chi connectivity index (χ2n) is 5.37. The molecule has 1 aromatic rings. The fourth-order valence-electron chi connectivity index (χ4n) is 2.69. The van der Waals surface area contributed by atoms with Gasteiger partial charge in [0.2, 0.25) is 0 Å². The first-order valence-corrected chi connectivity index (χ1v) is 7.20. The molecule has 18 heavy (non-hydrogen) atoms. The molecule has 2 N–H and O–H groups in total. The summed E-state index contributed by atoms with van der Waals surface area (Å²) >= 11 is 6.00. The molecule has 100 valence electrons. The molecule has 1 aliphatic rings. The molecule has 0 radical (unpaired) electrons. The summed E-state index contributed by atoms with van der Waals surface area (Å²) in [4.78, 5) is 0. The van der Waals surface area contributed by atoms with Crippen molar-refractivity contribution in [2.75, 3.05) is 6.54 Å². The number of hydrogen-bond donors (Lipinski definition) is 2. The second-order valence-corrected chi connectivity index (χ2v) is 5.81. The molecule has 0 aliphatic heterocycles. The third-order valence-electron chi connectivity index (χ3n) is 3.82. The van der Waals surface area contributed by atoms with Crippen molar-refractivity contribution < 1.29 is 5.11 Å². The molecule has 2 rings (SSSR count). The van der Waals surface area contributed by atoms with Crippen molar-refractivity contribution in [3.05, 3.63) is 34.9 Å². The maximum absolute atomic E-state index is 9.65. The second kappa shape index (κ2) is 6.55. The molecule has 3 heteroatoms. The number of benzene rings is 1. The minimum Gasteiger partial charge on any atom is -0.393 e. The van der Waals surface area contributed by atoms with Crippen LogP contribution in [0.3, 0.4) is 0 Å². The molecule has 0 aromatic heterocycles. The predicted molar refractivity (Wildman–Crippen MR) is 75.8 cm³/mol. The third kappa shape index (κ3) is 3.98. The highest BCUT2D eigenvalue weighted by Crippen LogP contribution is 2.24. The predicted octanol–water partition coefficient (Wildman–Crippen LogP) is 3.54. The fraction of sp³-hybridized carbons (Fsp3) is 0.600. The molecule has 0 spiro atoms. The molecule has 1 saturated carbocycles. The molecular formula is C15H22ClNO. The van der Waals surface area contributed by atoms with Crippen LogP contribution < -0.4 is 5.32 Å². The van der Waals surface area contributed by atoms with Gasteiger partial charge in [-0.15, -0.1) is 0 Å². The Hall–Kier alpha value is -0.570. The summed E-state index contributed by atoms with van der Waals surface area (Å²) in [5, 5.41) is 14.0. The molecule has 2 nitrogen and oxygen atoms in total. The van der Waals surface area contributed by atoms with E-state index >= 15 is 0 Å². The first-order chi connectivity index (χ1) is 8.65. The third-order valence-corrected chi connectivity index (χ3v) is 4.05. The Labute approximate surface area is 114 Å². The minimum absolute atomic E-state index is 0.0907. The monoisotopic (exact) mass is 267 g/mol. The van der Waals surface area contributed by atoms with E-state index in [1.54, 1.807) is 0 Å². The van der Waals surface area contributed by atoms with Crippen molar-refractivity contribution in [2.45, 2.75) is 44.8 Å². The largest absolute Gasteiger partial charge is 0.393 e. The van der Waals surface area contributed by atoms with Crippen molar-refractivity contribution in [3.63, 3.8) is 0 Å². The highest BCUT2D eigenvalue weighted by Gasteiger charge is 2.20. The lowest BCUT2D eigenvalue weighted by molar-refractivity contribution is 0.0998. The van der Waals surface area contributed by atoms with Crippen LogP contribution in [0, 0.1) is 5.92 Å². The van der Waals surface area contributed by atoms with Gasteiger partial charge in [-0.2, -0.15) is 0 Å². The SMILES string of the molecule is CC(NCC1CCCC(O)C1)c1cccc(Cl)c1. The van der Waals surface area contributed by atoms with Gasteiger partial charge < -0.3 is 10.4 Å². The van der Waals surface area contributed by atoms with Crippen molar-refractivity contribution in [3.8, 4) is 0 Å². The number of hydrogen-bond acceptors (Lipinski definition) is 2. The van der Waals surface area contributed by atoms with Crippen LogP contribution >= 0.6 is 11.6 Å². The van der Waals surface area contributed by atoms with Crippen LogP contribution in [-0.4, -0.2) is 17.8 Å². The average molecular weight is 268 g/mol. The number of aliphatic hydroxyl groups excluding tert-OH is 1. The zero-order valence-electron chi connectivity index (χ0n) is 10.9. The van der Waals surface area contributed by atoms with Gasteiger partial charge in [0.1, 0.15) is 0 Å². The molecule has 1 fully saturated rings. The van der Waals surface area contributed by atoms with Crippen LogP contribution in [0.25, 0.3) is 0 Å². The Morgan fingerprint density at radius 2 is 2.28 bits per heavy atom. The topological polar surface area (TPSA) is 32.3 Å². The molecule has 0 bridgehead atoms. The van der Waals surface area contributed by atoms with Crippen molar-refractivity contribution in [2.24, 2.45) is 5.92 Å². The van der Waals surface area contributed by atoms with Crippen LogP contribution in [0.5, 0.6) is 0 Å². The van der Waals surface area contributed by atoms with E-state index in [0.717, 1.165) is 30.8 Å². The smallest absolute Gasteiger partial charge is 0.0543 e. The first-order valence-electron chi connectivity index (χ1n) is 6.82. The molecule has 0 saturated heterocycles. The Morgan fingerprint density at radius 3 is 3.00 bits per heavy atom. The highest BCUT2D eigenvalue weighted by atomic mass is 35.5. The molecule has 0 heterocycles. The van der Waals surface area contributed by atoms with Crippen molar-refractivity contribution in [1.29, 1.82) is 0 Å². The van der Waals surface area contributed by atoms with Gasteiger partial charge in [0.05, 0.1) is 6.10 Å². The summed E-state index contributed by atoms with van der Waals surface area (Å²) in [6.45, 7) is 3.13. The maximum Gasteiger partial charge on any atom is 0.0543 e. The van der Waals surface area contributed by atoms with E-state index in [1.807, 2.05) is 18.2 Å². The lowest BCUT2D eigenvalue weighted by Gasteiger charge is -2.27. The van der Waals surface area contributed by atoms with E-state index in [4.69, 9.17) is 11.6 Å². The summed E-state index contributed by atoms with van der Waals surface area (Å²) in [7, 11) is 0. The fourth-order valence-corrected chi connectivity index (χ4v) is 2.88. The summed E-state index contributed by atoms with van der Waals surface area (Å²) in [6.07, 6.45) is 4.20. The number of nitrogens with one attached hydrogen (secondary N) is 1. The van der Waals surface area contributed by atoms with E-state index in [1.165, 1.54) is 12.0 Å². The molecule has 3 unspecified atom stereocenters. The van der Waals surface area contributed by atoms with Crippen LogP contribution in [-0.2, 0) is 0 Å². The van der Waals surface area contributed by atoms with Gasteiger partial charge in [0.25, 0.3) is 0 Å². The Morgan fingerprint density at radius 1 is 1.44 bits per heavy atom. The van der Waals surface area contributed by atoms with Crippen LogP contribution in [0.2, 0.25) is 5.02 Å². The van der Waals surface area contributed by atoms with E-state index in [-0.39, 0.29) is 6.10 Å². The highest BCUT2D eigenvalue weighted by molar-refractivity contribution is 6.30. The van der Waals surface area contributed by atoms with E-state index in [0.29, 0.717) is 12.0 Å². The van der Waals surface area contributed by atoms with E-state index < -0.39 is 0 Å². The Bertz CT molecular complexity index is 383. The van der Waals surface area contributed by atoms with Crippen LogP contribution in [0.1, 0.15) is 44.2 Å². The van der Waals surface area contributed by atoms with Gasteiger partial charge in [0.15, 0.2) is 0 Å². The quantitative estimate of drug-likeness (QED) is 0.875.